The van der Waals surface area contributed by atoms with Gasteiger partial charge in [-0.1, -0.05) is 147 Å². The molecule has 0 bridgehead atoms. The number of para-hydroxylation sites is 1. The fourth-order valence-corrected chi connectivity index (χ4v) is 13.2. The van der Waals surface area contributed by atoms with Crippen LogP contribution >= 0.6 is 0 Å². The zero-order valence-electron chi connectivity index (χ0n) is 46.7. The lowest BCUT2D eigenvalue weighted by Crippen LogP contribution is -2.28. The van der Waals surface area contributed by atoms with Crippen molar-refractivity contribution in [1.82, 2.24) is 4.57 Å². The van der Waals surface area contributed by atoms with Gasteiger partial charge in [-0.05, 0) is 182 Å². The molecular formula is C74H64N2O5. The molecule has 0 amide bonds. The van der Waals surface area contributed by atoms with Crippen LogP contribution in [0.2, 0.25) is 0 Å². The standard InChI is InChI=1S/C74H64N2O5/c1-7-79-72-62-36-25-51(42-64(62)71(72)78-6)49-23-31-55(32-24-49)76-68-17-13-12-16-60(68)63-41-52(26-39-69(63)76)50-21-29-54(30-22-50)75(53-27-19-48(20-28-53)47-14-10-9-11-15-47)56-33-37-59-58-35-18-46(40-66(58)74(3,4)67(59)43-56)45-81-57-34-38-61-65(44-57)73(80-8-2)70(61)77-5/h9-44,70-73H,7-8,45H2,1-6H3. The highest BCUT2D eigenvalue weighted by atomic mass is 16.5. The fraction of sp³-hybridized carbons (Fsp3) is 0.189. The molecule has 400 valence electrons. The Morgan fingerprint density at radius 1 is 0.420 bits per heavy atom. The highest BCUT2D eigenvalue weighted by Crippen LogP contribution is 2.53. The van der Waals surface area contributed by atoms with Gasteiger partial charge in [-0.3, -0.25) is 0 Å². The molecule has 0 radical (unpaired) electrons. The van der Waals surface area contributed by atoms with Gasteiger partial charge in [-0.2, -0.15) is 0 Å². The monoisotopic (exact) mass is 1060 g/mol. The van der Waals surface area contributed by atoms with E-state index in [1.807, 2.05) is 19.9 Å². The van der Waals surface area contributed by atoms with E-state index >= 15 is 0 Å². The number of aromatic nitrogens is 1. The van der Waals surface area contributed by atoms with Crippen LogP contribution in [-0.2, 0) is 31.0 Å². The number of ether oxygens (including phenoxy) is 5. The minimum absolute atomic E-state index is 0.00223. The van der Waals surface area contributed by atoms with Crippen LogP contribution in [0, 0.1) is 0 Å². The van der Waals surface area contributed by atoms with Crippen molar-refractivity contribution in [2.45, 2.75) is 64.1 Å². The fourth-order valence-electron chi connectivity index (χ4n) is 13.2. The zero-order chi connectivity index (χ0) is 54.9. The maximum atomic E-state index is 6.46. The lowest BCUT2D eigenvalue weighted by atomic mass is 9.80. The van der Waals surface area contributed by atoms with Gasteiger partial charge in [-0.15, -0.1) is 0 Å². The number of anilines is 3. The molecule has 4 atom stereocenters. The molecule has 1 aromatic heterocycles. The Balaban J connectivity index is 0.761. The summed E-state index contributed by atoms with van der Waals surface area (Å²) >= 11 is 0. The first kappa shape index (κ1) is 50.6. The molecular weight excluding hydrogens is 997 g/mol. The number of nitrogens with zero attached hydrogens (tertiary/aromatic N) is 2. The molecule has 1 heterocycles. The molecule has 10 aromatic carbocycles. The third kappa shape index (κ3) is 8.57. The number of benzene rings is 10. The SMILES string of the molecule is CCOC1c2ccc(-c3ccc(-n4c5ccccc5c5cc(-c6ccc(N(c7ccc(-c8ccccc8)cc7)c7ccc8c(c7)C(C)(C)c7cc(COc9ccc%10c(c9)C(OCC)C%10OC)ccc7-8)cc6)ccc54)cc3)cc2C1OC. The van der Waals surface area contributed by atoms with Gasteiger partial charge in [0.1, 0.15) is 36.8 Å². The number of methoxy groups -OCH3 is 2. The van der Waals surface area contributed by atoms with Crippen molar-refractivity contribution < 1.29 is 23.7 Å². The third-order valence-electron chi connectivity index (χ3n) is 17.3. The molecule has 0 saturated heterocycles. The van der Waals surface area contributed by atoms with Crippen LogP contribution in [0.4, 0.5) is 17.1 Å². The molecule has 81 heavy (non-hydrogen) atoms. The second-order valence-corrected chi connectivity index (χ2v) is 22.1. The zero-order valence-corrected chi connectivity index (χ0v) is 46.7. The van der Waals surface area contributed by atoms with Crippen LogP contribution in [0.15, 0.2) is 218 Å². The van der Waals surface area contributed by atoms with Crippen LogP contribution in [0.25, 0.3) is 72.0 Å². The minimum atomic E-state index is -0.254. The normalized spacial score (nSPS) is 17.2. The van der Waals surface area contributed by atoms with Crippen molar-refractivity contribution in [2.75, 3.05) is 32.3 Å². The molecule has 0 spiro atoms. The predicted molar refractivity (Wildman–Crippen MR) is 328 cm³/mol. The molecule has 7 heteroatoms. The van der Waals surface area contributed by atoms with Crippen molar-refractivity contribution in [3.05, 3.63) is 257 Å². The summed E-state index contributed by atoms with van der Waals surface area (Å²) in [7, 11) is 3.51. The minimum Gasteiger partial charge on any atom is -0.489 e. The molecule has 0 N–H and O–H groups in total. The molecule has 14 rings (SSSR count). The van der Waals surface area contributed by atoms with Gasteiger partial charge >= 0.3 is 0 Å². The van der Waals surface area contributed by atoms with Crippen molar-refractivity contribution in [3.63, 3.8) is 0 Å². The molecule has 0 saturated carbocycles. The maximum absolute atomic E-state index is 6.46. The van der Waals surface area contributed by atoms with E-state index in [2.05, 4.69) is 236 Å². The lowest BCUT2D eigenvalue weighted by molar-refractivity contribution is -0.0812. The summed E-state index contributed by atoms with van der Waals surface area (Å²) < 4.78 is 32.4. The van der Waals surface area contributed by atoms with Gasteiger partial charge in [0.25, 0.3) is 0 Å². The summed E-state index contributed by atoms with van der Waals surface area (Å²) in [5.41, 5.74) is 24.6. The van der Waals surface area contributed by atoms with Crippen molar-refractivity contribution >= 4 is 38.9 Å². The lowest BCUT2D eigenvalue weighted by Gasteiger charge is -2.38. The number of hydrogen-bond acceptors (Lipinski definition) is 6. The molecule has 11 aromatic rings. The Hall–Kier alpha value is -8.56. The first-order chi connectivity index (χ1) is 39.7. The van der Waals surface area contributed by atoms with Gasteiger partial charge in [0.15, 0.2) is 0 Å². The van der Waals surface area contributed by atoms with E-state index in [1.54, 1.807) is 14.2 Å². The average Bonchev–Trinajstić information content (AvgIpc) is 4.20. The van der Waals surface area contributed by atoms with E-state index in [4.69, 9.17) is 23.7 Å². The highest BCUT2D eigenvalue weighted by Gasteiger charge is 2.41. The largest absolute Gasteiger partial charge is 0.489 e. The molecule has 3 aliphatic carbocycles. The summed E-state index contributed by atoms with van der Waals surface area (Å²) in [5, 5.41) is 2.44. The molecule has 3 aliphatic rings. The first-order valence-corrected chi connectivity index (χ1v) is 28.4. The molecule has 4 unspecified atom stereocenters. The van der Waals surface area contributed by atoms with Crippen LogP contribution in [0.3, 0.4) is 0 Å². The molecule has 0 aliphatic heterocycles. The molecule has 0 fully saturated rings. The Morgan fingerprint density at radius 2 is 0.938 bits per heavy atom. The number of rotatable bonds is 16. The van der Waals surface area contributed by atoms with Gasteiger partial charge in [0.2, 0.25) is 0 Å². The van der Waals surface area contributed by atoms with Crippen molar-refractivity contribution in [1.29, 1.82) is 0 Å². The van der Waals surface area contributed by atoms with Crippen LogP contribution in [0.1, 0.15) is 91.1 Å². The maximum Gasteiger partial charge on any atom is 0.120 e. The van der Waals surface area contributed by atoms with E-state index < -0.39 is 0 Å². The topological polar surface area (TPSA) is 54.3 Å². The summed E-state index contributed by atoms with van der Waals surface area (Å²) in [6.07, 6.45) is -0.141. The second kappa shape index (κ2) is 20.5. The first-order valence-electron chi connectivity index (χ1n) is 28.4. The Kier molecular flexibility index (Phi) is 12.8. The van der Waals surface area contributed by atoms with E-state index in [1.165, 1.54) is 88.6 Å². The van der Waals surface area contributed by atoms with Gasteiger partial charge < -0.3 is 33.2 Å². The summed E-state index contributed by atoms with van der Waals surface area (Å²) in [4.78, 5) is 2.40. The van der Waals surface area contributed by atoms with Crippen LogP contribution in [0.5, 0.6) is 5.75 Å². The van der Waals surface area contributed by atoms with Gasteiger partial charge in [-0.25, -0.2) is 0 Å². The third-order valence-corrected chi connectivity index (χ3v) is 17.3. The van der Waals surface area contributed by atoms with E-state index in [0.29, 0.717) is 19.8 Å². The number of fused-ring (bicyclic) bond motifs is 8. The summed E-state index contributed by atoms with van der Waals surface area (Å²) in [6.45, 7) is 10.5. The van der Waals surface area contributed by atoms with Gasteiger partial charge in [0, 0.05) is 66.4 Å². The average molecular weight is 1060 g/mol. The second-order valence-electron chi connectivity index (χ2n) is 22.1. The van der Waals surface area contributed by atoms with E-state index in [0.717, 1.165) is 45.2 Å². The van der Waals surface area contributed by atoms with Crippen molar-refractivity contribution in [2.24, 2.45) is 0 Å². The Morgan fingerprint density at radius 3 is 1.64 bits per heavy atom. The summed E-state index contributed by atoms with van der Waals surface area (Å²) in [6, 6.07) is 80.0. The van der Waals surface area contributed by atoms with Crippen molar-refractivity contribution in [3.8, 4) is 55.9 Å². The predicted octanol–water partition coefficient (Wildman–Crippen LogP) is 18.7. The van der Waals surface area contributed by atoms with Crippen LogP contribution in [-0.4, -0.2) is 32.0 Å². The quantitative estimate of drug-likeness (QED) is 0.0961. The molecule has 7 nitrogen and oxygen atoms in total. The Bertz CT molecular complexity index is 4160. The van der Waals surface area contributed by atoms with Gasteiger partial charge in [0.05, 0.1) is 11.0 Å². The summed E-state index contributed by atoms with van der Waals surface area (Å²) in [5.74, 6) is 0.837. The highest BCUT2D eigenvalue weighted by molar-refractivity contribution is 6.10. The smallest absolute Gasteiger partial charge is 0.120 e. The van der Waals surface area contributed by atoms with Crippen LogP contribution < -0.4 is 9.64 Å². The van der Waals surface area contributed by atoms with E-state index in [9.17, 15) is 0 Å². The van der Waals surface area contributed by atoms with E-state index in [-0.39, 0.29) is 29.8 Å². The number of hydrogen-bond donors (Lipinski definition) is 0. The Labute approximate surface area is 474 Å².